The average molecular weight is 269 g/mol. The van der Waals surface area contributed by atoms with Crippen LogP contribution in [0.1, 0.15) is 46.0 Å². The van der Waals surface area contributed by atoms with E-state index in [4.69, 9.17) is 21.4 Å². The van der Waals surface area contributed by atoms with Crippen LogP contribution in [-0.2, 0) is 9.36 Å². The molecular formula is C10H18ClO4P. The molecule has 0 aromatic rings. The minimum atomic E-state index is -4.62. The van der Waals surface area contributed by atoms with Crippen molar-refractivity contribution in [1.82, 2.24) is 0 Å². The van der Waals surface area contributed by atoms with E-state index in [9.17, 15) is 9.36 Å². The first-order valence-corrected chi connectivity index (χ1v) is 7.40. The van der Waals surface area contributed by atoms with Gasteiger partial charge < -0.3 is 9.79 Å². The van der Waals surface area contributed by atoms with Gasteiger partial charge in [-0.2, -0.15) is 0 Å². The molecule has 6 heteroatoms. The molecule has 1 unspecified atom stereocenters. The molecule has 0 amide bonds. The van der Waals surface area contributed by atoms with E-state index >= 15 is 0 Å². The smallest absolute Gasteiger partial charge is 0.323 e. The van der Waals surface area contributed by atoms with Crippen LogP contribution in [0.5, 0.6) is 0 Å². The molecule has 0 aromatic heterocycles. The molecule has 1 aliphatic rings. The summed E-state index contributed by atoms with van der Waals surface area (Å²) < 4.78 is 9.14. The van der Waals surface area contributed by atoms with E-state index in [2.05, 4.69) is 0 Å². The van der Waals surface area contributed by atoms with Crippen LogP contribution in [0, 0.1) is 5.41 Å². The maximum atomic E-state index is 12.2. The molecule has 0 radical (unpaired) electrons. The summed E-state index contributed by atoms with van der Waals surface area (Å²) in [6, 6.07) is 0. The summed E-state index contributed by atoms with van der Waals surface area (Å²) in [6.45, 7) is 2.88. The highest BCUT2D eigenvalue weighted by atomic mass is 35.5. The zero-order valence-corrected chi connectivity index (χ0v) is 11.2. The molecule has 1 atom stereocenters. The number of carbonyl (C=O) groups is 1. The van der Waals surface area contributed by atoms with Crippen molar-refractivity contribution >= 4 is 25.0 Å². The number of ketones is 1. The van der Waals surface area contributed by atoms with E-state index in [0.29, 0.717) is 12.8 Å². The number of rotatable bonds is 3. The summed E-state index contributed by atoms with van der Waals surface area (Å²) in [5.74, 6) is -0.519. The fourth-order valence-electron chi connectivity index (χ4n) is 2.24. The van der Waals surface area contributed by atoms with Crippen molar-refractivity contribution in [1.29, 1.82) is 0 Å². The molecule has 0 aliphatic heterocycles. The molecule has 1 fully saturated rings. The summed E-state index contributed by atoms with van der Waals surface area (Å²) >= 11 is 5.77. The van der Waals surface area contributed by atoms with Gasteiger partial charge in [-0.1, -0.05) is 37.8 Å². The normalized spacial score (nSPS) is 24.8. The van der Waals surface area contributed by atoms with Crippen LogP contribution in [0.4, 0.5) is 0 Å². The van der Waals surface area contributed by atoms with Crippen molar-refractivity contribution in [2.24, 2.45) is 5.41 Å². The van der Waals surface area contributed by atoms with Gasteiger partial charge in [-0.25, -0.2) is 0 Å². The van der Waals surface area contributed by atoms with Crippen LogP contribution in [0.2, 0.25) is 0 Å². The van der Waals surface area contributed by atoms with Crippen molar-refractivity contribution in [3.05, 3.63) is 0 Å². The van der Waals surface area contributed by atoms with E-state index in [1.54, 1.807) is 6.92 Å². The summed E-state index contributed by atoms with van der Waals surface area (Å²) in [4.78, 5) is 30.4. The Balaban J connectivity index is 2.96. The molecule has 4 nitrogen and oxygen atoms in total. The Bertz CT molecular complexity index is 328. The Morgan fingerprint density at radius 3 is 2.12 bits per heavy atom. The quantitative estimate of drug-likeness (QED) is 0.609. The lowest BCUT2D eigenvalue weighted by Crippen LogP contribution is -2.42. The topological polar surface area (TPSA) is 74.6 Å². The summed E-state index contributed by atoms with van der Waals surface area (Å²) in [7, 11) is -4.62. The second kappa shape index (κ2) is 4.41. The molecule has 0 heterocycles. The molecule has 0 bridgehead atoms. The van der Waals surface area contributed by atoms with Gasteiger partial charge in [0.1, 0.15) is 0 Å². The summed E-state index contributed by atoms with van der Waals surface area (Å²) in [5.41, 5.74) is -0.685. The molecule has 1 saturated carbocycles. The van der Waals surface area contributed by atoms with E-state index < -0.39 is 23.4 Å². The minimum absolute atomic E-state index is 0.519. The third-order valence-electron chi connectivity index (χ3n) is 3.47. The van der Waals surface area contributed by atoms with Gasteiger partial charge in [-0.3, -0.25) is 9.36 Å². The number of hydrogen-bond donors (Lipinski definition) is 2. The van der Waals surface area contributed by atoms with Gasteiger partial charge in [0, 0.05) is 5.41 Å². The van der Waals surface area contributed by atoms with Crippen molar-refractivity contribution in [3.63, 3.8) is 0 Å². The van der Waals surface area contributed by atoms with Gasteiger partial charge in [0.15, 0.2) is 5.78 Å². The third kappa shape index (κ3) is 2.51. The Hall–Kier alpha value is 0.110. The number of carbonyl (C=O) groups excluding carboxylic acids is 1. The maximum Gasteiger partial charge on any atom is 0.353 e. The number of alkyl halides is 1. The van der Waals surface area contributed by atoms with E-state index in [1.807, 2.05) is 0 Å². The van der Waals surface area contributed by atoms with Gasteiger partial charge in [0.05, 0.1) is 0 Å². The second-order valence-corrected chi connectivity index (χ2v) is 7.95. The third-order valence-corrected chi connectivity index (χ3v) is 5.60. The Morgan fingerprint density at radius 2 is 1.75 bits per heavy atom. The van der Waals surface area contributed by atoms with E-state index in [1.165, 1.54) is 0 Å². The monoisotopic (exact) mass is 268 g/mol. The highest BCUT2D eigenvalue weighted by molar-refractivity contribution is 7.57. The Labute approximate surface area is 101 Å². The Kier molecular flexibility index (Phi) is 3.91. The minimum Gasteiger partial charge on any atom is -0.323 e. The molecule has 0 aromatic carbocycles. The molecule has 2 N–H and O–H groups in total. The largest absolute Gasteiger partial charge is 0.353 e. The first kappa shape index (κ1) is 14.2. The summed E-state index contributed by atoms with van der Waals surface area (Å²) in [5, 5.41) is 0. The lowest BCUT2D eigenvalue weighted by molar-refractivity contribution is -0.130. The first-order chi connectivity index (χ1) is 7.11. The van der Waals surface area contributed by atoms with Crippen LogP contribution in [-0.4, -0.2) is 20.2 Å². The maximum absolute atomic E-state index is 12.2. The van der Waals surface area contributed by atoms with Crippen molar-refractivity contribution in [2.75, 3.05) is 0 Å². The van der Waals surface area contributed by atoms with Crippen molar-refractivity contribution in [3.8, 4) is 0 Å². The van der Waals surface area contributed by atoms with Gasteiger partial charge in [0.2, 0.25) is 4.62 Å². The predicted molar refractivity (Wildman–Crippen MR) is 62.5 cm³/mol. The molecule has 0 spiro atoms. The fraction of sp³-hybridized carbons (Fsp3) is 0.900. The average Bonchev–Trinajstić information content (AvgIpc) is 2.16. The molecular weight excluding hydrogens is 251 g/mol. The molecule has 1 rings (SSSR count). The SMILES string of the molecule is CC1(C(=O)C(C)(Cl)P(=O)(O)O)CCCCC1. The molecule has 1 aliphatic carbocycles. The fourth-order valence-corrected chi connectivity index (χ4v) is 3.00. The van der Waals surface area contributed by atoms with Crippen molar-refractivity contribution in [2.45, 2.75) is 50.6 Å². The number of halogens is 1. The van der Waals surface area contributed by atoms with E-state index in [0.717, 1.165) is 26.2 Å². The lowest BCUT2D eigenvalue weighted by Gasteiger charge is -2.37. The van der Waals surface area contributed by atoms with E-state index in [-0.39, 0.29) is 0 Å². The van der Waals surface area contributed by atoms with Crippen LogP contribution in [0.25, 0.3) is 0 Å². The molecule has 16 heavy (non-hydrogen) atoms. The predicted octanol–water partition coefficient (Wildman–Crippen LogP) is 2.66. The van der Waals surface area contributed by atoms with Crippen LogP contribution >= 0.6 is 19.2 Å². The van der Waals surface area contributed by atoms with Gasteiger partial charge in [-0.15, -0.1) is 0 Å². The molecule has 94 valence electrons. The summed E-state index contributed by atoms with van der Waals surface area (Å²) in [6.07, 6.45) is 4.22. The molecule has 0 saturated heterocycles. The van der Waals surface area contributed by atoms with Crippen LogP contribution in [0.3, 0.4) is 0 Å². The lowest BCUT2D eigenvalue weighted by atomic mass is 9.72. The number of Topliss-reactive ketones (excluding diaryl/α,β-unsaturated/α-hetero) is 1. The van der Waals surface area contributed by atoms with Crippen LogP contribution < -0.4 is 0 Å². The zero-order chi connectivity index (χ0) is 12.6. The highest BCUT2D eigenvalue weighted by Gasteiger charge is 2.53. The van der Waals surface area contributed by atoms with Crippen LogP contribution in [0.15, 0.2) is 0 Å². The van der Waals surface area contributed by atoms with Gasteiger partial charge in [0.25, 0.3) is 0 Å². The Morgan fingerprint density at radius 1 is 1.31 bits per heavy atom. The number of hydrogen-bond acceptors (Lipinski definition) is 2. The zero-order valence-electron chi connectivity index (χ0n) is 9.57. The highest BCUT2D eigenvalue weighted by Crippen LogP contribution is 2.57. The second-order valence-electron chi connectivity index (χ2n) is 4.95. The van der Waals surface area contributed by atoms with Crippen molar-refractivity contribution < 1.29 is 19.1 Å². The van der Waals surface area contributed by atoms with Gasteiger partial charge in [-0.05, 0) is 19.8 Å². The first-order valence-electron chi connectivity index (χ1n) is 5.41. The van der Waals surface area contributed by atoms with Gasteiger partial charge >= 0.3 is 7.60 Å². The standard InChI is InChI=1S/C10H18ClO4P/c1-9(6-4-3-5-7-9)8(12)10(2,11)16(13,14)15/h3-7H2,1-2H3,(H2,13,14,15).